The van der Waals surface area contributed by atoms with Crippen molar-refractivity contribution in [2.45, 2.75) is 18.8 Å². The highest BCUT2D eigenvalue weighted by molar-refractivity contribution is 5.53. The Balaban J connectivity index is 2.18. The van der Waals surface area contributed by atoms with Crippen molar-refractivity contribution in [1.82, 2.24) is 4.98 Å². The lowest BCUT2D eigenvalue weighted by atomic mass is 10.2. The van der Waals surface area contributed by atoms with E-state index in [9.17, 15) is 0 Å². The second kappa shape index (κ2) is 5.44. The van der Waals surface area contributed by atoms with Gasteiger partial charge in [0.05, 0.1) is 11.9 Å². The molecule has 2 heterocycles. The first-order valence-electron chi connectivity index (χ1n) is 5.73. The minimum atomic E-state index is 0.103. The molecule has 1 aliphatic heterocycles. The van der Waals surface area contributed by atoms with Gasteiger partial charge in [0.2, 0.25) is 0 Å². The molecule has 5 heteroatoms. The molecule has 2 N–H and O–H groups in total. The van der Waals surface area contributed by atoms with E-state index in [0.717, 1.165) is 24.3 Å². The summed E-state index contributed by atoms with van der Waals surface area (Å²) < 4.78 is 10.8. The molecule has 0 bridgehead atoms. The quantitative estimate of drug-likeness (QED) is 0.821. The smallest absolute Gasteiger partial charge is 0.102 e. The van der Waals surface area contributed by atoms with E-state index < -0.39 is 0 Å². The van der Waals surface area contributed by atoms with Gasteiger partial charge in [-0.15, -0.1) is 0 Å². The molecule has 0 aromatic carbocycles. The molecule has 1 aliphatic rings. The van der Waals surface area contributed by atoms with Crippen molar-refractivity contribution >= 4 is 5.69 Å². The average molecular weight is 237 g/mol. The molecule has 1 saturated heterocycles. The molecule has 1 aromatic rings. The molecule has 5 nitrogen and oxygen atoms in total. The SMILES string of the molecule is COC1CN(c2cnccc2CN)CC1OC. The Hall–Kier alpha value is -1.17. The van der Waals surface area contributed by atoms with Crippen molar-refractivity contribution in [3.05, 3.63) is 24.0 Å². The summed E-state index contributed by atoms with van der Waals surface area (Å²) in [5.74, 6) is 0. The van der Waals surface area contributed by atoms with Crippen molar-refractivity contribution in [2.24, 2.45) is 5.73 Å². The largest absolute Gasteiger partial charge is 0.377 e. The molecular weight excluding hydrogens is 218 g/mol. The molecular formula is C12H19N3O2. The summed E-state index contributed by atoms with van der Waals surface area (Å²) in [6.07, 6.45) is 3.83. The van der Waals surface area contributed by atoms with Crippen molar-refractivity contribution in [1.29, 1.82) is 0 Å². The molecule has 2 rings (SSSR count). The van der Waals surface area contributed by atoms with Gasteiger partial charge < -0.3 is 20.1 Å². The fourth-order valence-corrected chi connectivity index (χ4v) is 2.27. The second-order valence-electron chi connectivity index (χ2n) is 4.16. The zero-order valence-corrected chi connectivity index (χ0v) is 10.3. The topological polar surface area (TPSA) is 60.6 Å². The van der Waals surface area contributed by atoms with Crippen LogP contribution in [0.1, 0.15) is 5.56 Å². The number of methoxy groups -OCH3 is 2. The first-order chi connectivity index (χ1) is 8.30. The molecule has 2 atom stereocenters. The third-order valence-electron chi connectivity index (χ3n) is 3.27. The first kappa shape index (κ1) is 12.3. The monoisotopic (exact) mass is 237 g/mol. The van der Waals surface area contributed by atoms with E-state index in [2.05, 4.69) is 9.88 Å². The first-order valence-corrected chi connectivity index (χ1v) is 5.73. The maximum atomic E-state index is 5.74. The van der Waals surface area contributed by atoms with Crippen LogP contribution in [0.2, 0.25) is 0 Å². The highest BCUT2D eigenvalue weighted by atomic mass is 16.5. The fourth-order valence-electron chi connectivity index (χ4n) is 2.27. The number of pyridine rings is 1. The van der Waals surface area contributed by atoms with Gasteiger partial charge >= 0.3 is 0 Å². The maximum Gasteiger partial charge on any atom is 0.102 e. The highest BCUT2D eigenvalue weighted by Gasteiger charge is 2.33. The number of nitrogens with two attached hydrogens (primary N) is 1. The maximum absolute atomic E-state index is 5.74. The van der Waals surface area contributed by atoms with Crippen LogP contribution < -0.4 is 10.6 Å². The number of ether oxygens (including phenoxy) is 2. The molecule has 0 amide bonds. The Morgan fingerprint density at radius 3 is 2.53 bits per heavy atom. The molecule has 1 fully saturated rings. The van der Waals surface area contributed by atoms with E-state index in [4.69, 9.17) is 15.2 Å². The molecule has 17 heavy (non-hydrogen) atoms. The molecule has 0 saturated carbocycles. The van der Waals surface area contributed by atoms with Crippen LogP contribution in [0.3, 0.4) is 0 Å². The van der Waals surface area contributed by atoms with Gasteiger partial charge in [0.1, 0.15) is 12.2 Å². The third kappa shape index (κ3) is 2.41. The minimum absolute atomic E-state index is 0.103. The Morgan fingerprint density at radius 2 is 2.00 bits per heavy atom. The third-order valence-corrected chi connectivity index (χ3v) is 3.27. The van der Waals surface area contributed by atoms with Crippen LogP contribution in [-0.4, -0.2) is 44.5 Å². The van der Waals surface area contributed by atoms with Crippen LogP contribution in [0.5, 0.6) is 0 Å². The van der Waals surface area contributed by atoms with Crippen molar-refractivity contribution < 1.29 is 9.47 Å². The summed E-state index contributed by atoms with van der Waals surface area (Å²) >= 11 is 0. The zero-order valence-electron chi connectivity index (χ0n) is 10.3. The van der Waals surface area contributed by atoms with Gasteiger partial charge in [-0.2, -0.15) is 0 Å². The van der Waals surface area contributed by atoms with E-state index in [-0.39, 0.29) is 12.2 Å². The standard InChI is InChI=1S/C12H19N3O2/c1-16-11-7-15(8-12(11)17-2)10-6-14-4-3-9(10)5-13/h3-4,6,11-12H,5,7-8,13H2,1-2H3. The molecule has 2 unspecified atom stereocenters. The van der Waals surface area contributed by atoms with Crippen LogP contribution in [0.15, 0.2) is 18.5 Å². The highest BCUT2D eigenvalue weighted by Crippen LogP contribution is 2.25. The van der Waals surface area contributed by atoms with E-state index >= 15 is 0 Å². The number of hydrogen-bond acceptors (Lipinski definition) is 5. The summed E-state index contributed by atoms with van der Waals surface area (Å²) in [6, 6.07) is 1.96. The molecule has 1 aromatic heterocycles. The Kier molecular flexibility index (Phi) is 3.93. The van der Waals surface area contributed by atoms with Crippen LogP contribution in [0.4, 0.5) is 5.69 Å². The van der Waals surface area contributed by atoms with Gasteiger partial charge in [-0.25, -0.2) is 0 Å². The summed E-state index contributed by atoms with van der Waals surface area (Å²) in [6.45, 7) is 2.14. The predicted molar refractivity (Wildman–Crippen MR) is 65.9 cm³/mol. The van der Waals surface area contributed by atoms with Gasteiger partial charge in [-0.1, -0.05) is 0 Å². The normalized spacial score (nSPS) is 24.3. The fraction of sp³-hybridized carbons (Fsp3) is 0.583. The van der Waals surface area contributed by atoms with E-state index in [0.29, 0.717) is 6.54 Å². The van der Waals surface area contributed by atoms with Crippen molar-refractivity contribution in [2.75, 3.05) is 32.2 Å². The lowest BCUT2D eigenvalue weighted by Gasteiger charge is -2.20. The summed E-state index contributed by atoms with van der Waals surface area (Å²) in [4.78, 5) is 6.38. The lowest BCUT2D eigenvalue weighted by Crippen LogP contribution is -2.27. The van der Waals surface area contributed by atoms with Gasteiger partial charge in [-0.3, -0.25) is 4.98 Å². The Bertz CT molecular complexity index is 361. The molecule has 0 spiro atoms. The van der Waals surface area contributed by atoms with Crippen LogP contribution in [0.25, 0.3) is 0 Å². The molecule has 0 radical (unpaired) electrons. The molecule has 94 valence electrons. The zero-order chi connectivity index (χ0) is 12.3. The van der Waals surface area contributed by atoms with Gasteiger partial charge in [0, 0.05) is 40.1 Å². The Morgan fingerprint density at radius 1 is 1.35 bits per heavy atom. The Labute approximate surface area is 102 Å². The number of rotatable bonds is 4. The second-order valence-corrected chi connectivity index (χ2v) is 4.16. The predicted octanol–water partition coefficient (Wildman–Crippen LogP) is 0.390. The van der Waals surface area contributed by atoms with Crippen molar-refractivity contribution in [3.8, 4) is 0 Å². The average Bonchev–Trinajstić information content (AvgIpc) is 2.81. The van der Waals surface area contributed by atoms with Gasteiger partial charge in [-0.05, 0) is 11.6 Å². The summed E-state index contributed by atoms with van der Waals surface area (Å²) in [7, 11) is 3.43. The molecule has 0 aliphatic carbocycles. The van der Waals surface area contributed by atoms with E-state index in [1.54, 1.807) is 20.4 Å². The van der Waals surface area contributed by atoms with Crippen LogP contribution in [-0.2, 0) is 16.0 Å². The van der Waals surface area contributed by atoms with Gasteiger partial charge in [0.15, 0.2) is 0 Å². The summed E-state index contributed by atoms with van der Waals surface area (Å²) in [5, 5.41) is 0. The summed E-state index contributed by atoms with van der Waals surface area (Å²) in [5.41, 5.74) is 7.92. The van der Waals surface area contributed by atoms with Crippen LogP contribution in [0, 0.1) is 0 Å². The lowest BCUT2D eigenvalue weighted by molar-refractivity contribution is -0.00461. The van der Waals surface area contributed by atoms with Gasteiger partial charge in [0.25, 0.3) is 0 Å². The number of aromatic nitrogens is 1. The number of nitrogens with zero attached hydrogens (tertiary/aromatic N) is 2. The van der Waals surface area contributed by atoms with Crippen LogP contribution >= 0.6 is 0 Å². The van der Waals surface area contributed by atoms with E-state index in [1.807, 2.05) is 12.3 Å². The minimum Gasteiger partial charge on any atom is -0.377 e. The number of anilines is 1. The number of hydrogen-bond donors (Lipinski definition) is 1. The van der Waals surface area contributed by atoms with Crippen molar-refractivity contribution in [3.63, 3.8) is 0 Å². The van der Waals surface area contributed by atoms with E-state index in [1.165, 1.54) is 0 Å².